The zero-order valence-corrected chi connectivity index (χ0v) is 19.4. The summed E-state index contributed by atoms with van der Waals surface area (Å²) in [6.07, 6.45) is -15.0. The van der Waals surface area contributed by atoms with Gasteiger partial charge in [-0.1, -0.05) is 18.2 Å². The maximum Gasteiger partial charge on any atom is 0.416 e. The summed E-state index contributed by atoms with van der Waals surface area (Å²) in [6, 6.07) is 6.99. The Morgan fingerprint density at radius 1 is 0.750 bits per heavy atom. The van der Waals surface area contributed by atoms with Crippen molar-refractivity contribution < 1.29 is 44.3 Å². The lowest BCUT2D eigenvalue weighted by atomic mass is 10.00. The van der Waals surface area contributed by atoms with Crippen LogP contribution in [-0.2, 0) is 18.5 Å². The maximum absolute atomic E-state index is 13.4. The number of hydrogen-bond donors (Lipinski definition) is 3. The summed E-state index contributed by atoms with van der Waals surface area (Å²) in [4.78, 5) is 12.2. The Balaban J connectivity index is 1.80. The molecule has 4 rings (SSSR count). The van der Waals surface area contributed by atoms with Gasteiger partial charge < -0.3 is 5.73 Å². The summed E-state index contributed by atoms with van der Waals surface area (Å²) < 4.78 is 119. The van der Waals surface area contributed by atoms with Crippen molar-refractivity contribution in [3.05, 3.63) is 77.4 Å². The van der Waals surface area contributed by atoms with Gasteiger partial charge in [0, 0.05) is 5.56 Å². The molecule has 0 spiro atoms. The third kappa shape index (κ3) is 6.08. The molecule has 0 saturated carbocycles. The van der Waals surface area contributed by atoms with E-state index in [4.69, 9.17) is 5.73 Å². The van der Waals surface area contributed by atoms with Crippen LogP contribution in [0.5, 0.6) is 0 Å². The van der Waals surface area contributed by atoms with Crippen LogP contribution in [0.2, 0.25) is 0 Å². The van der Waals surface area contributed by atoms with Gasteiger partial charge in [-0.05, 0) is 58.8 Å². The Morgan fingerprint density at radius 3 is 1.77 bits per heavy atom. The summed E-state index contributed by atoms with van der Waals surface area (Å²) in [6.45, 7) is 0. The molecule has 0 saturated heterocycles. The summed E-state index contributed by atoms with van der Waals surface area (Å²) in [7, 11) is 0. The smallest absolute Gasteiger partial charge is 0.350 e. The van der Waals surface area contributed by atoms with Crippen molar-refractivity contribution in [3.8, 4) is 22.5 Å². The second-order valence-electron chi connectivity index (χ2n) is 8.12. The lowest BCUT2D eigenvalue weighted by Gasteiger charge is -2.25. The Bertz CT molecular complexity index is 1480. The highest BCUT2D eigenvalue weighted by molar-refractivity contribution is 5.94. The van der Waals surface area contributed by atoms with Gasteiger partial charge in [-0.15, -0.1) is 10.2 Å². The van der Waals surface area contributed by atoms with Gasteiger partial charge in [0.2, 0.25) is 5.82 Å². The lowest BCUT2D eigenvalue weighted by Crippen LogP contribution is -2.41. The van der Waals surface area contributed by atoms with Crippen LogP contribution in [0.15, 0.2) is 60.7 Å². The minimum Gasteiger partial charge on any atom is -0.350 e. The number of halogens is 9. The van der Waals surface area contributed by atoms with Crippen LogP contribution < -0.4 is 16.2 Å². The molecule has 17 heteroatoms. The Labute approximate surface area is 217 Å². The van der Waals surface area contributed by atoms with Crippen LogP contribution in [0.25, 0.3) is 22.5 Å². The number of H-pyrrole nitrogens is 1. The Kier molecular flexibility index (Phi) is 7.08. The van der Waals surface area contributed by atoms with Crippen LogP contribution in [-0.4, -0.2) is 26.7 Å². The first kappa shape index (κ1) is 28.2. The van der Waals surface area contributed by atoms with Gasteiger partial charge >= 0.3 is 24.6 Å². The van der Waals surface area contributed by atoms with Crippen LogP contribution >= 0.6 is 0 Å². The van der Waals surface area contributed by atoms with Gasteiger partial charge in [0.05, 0.1) is 28.1 Å². The molecule has 4 N–H and O–H groups in total. The predicted octanol–water partition coefficient (Wildman–Crippen LogP) is 6.50. The minimum atomic E-state index is -5.20. The third-order valence-electron chi connectivity index (χ3n) is 5.43. The highest BCUT2D eigenvalue weighted by Crippen LogP contribution is 2.39. The quantitative estimate of drug-likeness (QED) is 0.186. The molecule has 210 valence electrons. The van der Waals surface area contributed by atoms with Crippen molar-refractivity contribution in [2.24, 2.45) is 5.73 Å². The number of carbonyl (C=O) groups is 1. The normalized spacial score (nSPS) is 12.3. The predicted molar refractivity (Wildman–Crippen MR) is 122 cm³/mol. The number of nitrogens with zero attached hydrogens (tertiary/aromatic N) is 4. The largest absolute Gasteiger partial charge is 0.416 e. The number of nitrogens with two attached hydrogens (primary N) is 1. The summed E-state index contributed by atoms with van der Waals surface area (Å²) in [5.74, 6) is -0.138. The number of alkyl halides is 9. The molecule has 0 aliphatic heterocycles. The molecule has 0 bridgehead atoms. The van der Waals surface area contributed by atoms with Crippen molar-refractivity contribution in [1.82, 2.24) is 20.6 Å². The highest BCUT2D eigenvalue weighted by atomic mass is 19.4. The van der Waals surface area contributed by atoms with E-state index >= 15 is 0 Å². The molecular formula is C23H14F9N7O. The van der Waals surface area contributed by atoms with E-state index in [9.17, 15) is 44.3 Å². The van der Waals surface area contributed by atoms with Gasteiger partial charge in [0.15, 0.2) is 0 Å². The molecule has 4 aromatic rings. The number of aromatic amines is 1. The van der Waals surface area contributed by atoms with E-state index in [-0.39, 0.29) is 40.3 Å². The van der Waals surface area contributed by atoms with Crippen LogP contribution in [0.4, 0.5) is 55.7 Å². The van der Waals surface area contributed by atoms with Crippen LogP contribution in [0, 0.1) is 0 Å². The average Bonchev–Trinajstić information content (AvgIpc) is 3.40. The van der Waals surface area contributed by atoms with E-state index in [0.717, 1.165) is 12.1 Å². The monoisotopic (exact) mass is 575 g/mol. The van der Waals surface area contributed by atoms with Crippen molar-refractivity contribution in [2.75, 3.05) is 10.4 Å². The molecule has 2 amide bonds. The number of hydrogen-bond acceptors (Lipinski definition) is 5. The van der Waals surface area contributed by atoms with Crippen molar-refractivity contribution in [3.63, 3.8) is 0 Å². The van der Waals surface area contributed by atoms with Gasteiger partial charge in [-0.2, -0.15) is 44.7 Å². The number of hydrazine groups is 1. The highest BCUT2D eigenvalue weighted by Gasteiger charge is 2.38. The molecule has 0 radical (unpaired) electrons. The number of benzene rings is 3. The fourth-order valence-corrected chi connectivity index (χ4v) is 3.57. The first-order chi connectivity index (χ1) is 18.5. The number of nitrogens with one attached hydrogen (secondary N) is 2. The molecule has 0 atom stereocenters. The first-order valence-corrected chi connectivity index (χ1v) is 10.8. The standard InChI is InChI=1S/C23H14F9N7O/c24-21(25,26)13-4-1-11(2-5-13)12-3-6-18(17(7-12)19-34-37-38-35-19)36-39(20(33)40)16-9-14(22(27,28)29)8-15(10-16)23(30,31)32/h1-10,36H,(H2,33,40)(H,34,35,37,38). The molecule has 0 unspecified atom stereocenters. The van der Waals surface area contributed by atoms with E-state index in [0.29, 0.717) is 11.1 Å². The average molecular weight is 575 g/mol. The van der Waals surface area contributed by atoms with Gasteiger partial charge in [0.1, 0.15) is 0 Å². The van der Waals surface area contributed by atoms with Crippen LogP contribution in [0.1, 0.15) is 16.7 Å². The van der Waals surface area contributed by atoms with Gasteiger partial charge in [-0.25, -0.2) is 9.80 Å². The topological polar surface area (TPSA) is 113 Å². The second-order valence-corrected chi connectivity index (χ2v) is 8.12. The van der Waals surface area contributed by atoms with Gasteiger partial charge in [0.25, 0.3) is 0 Å². The zero-order chi connectivity index (χ0) is 29.5. The second kappa shape index (κ2) is 10.0. The molecule has 8 nitrogen and oxygen atoms in total. The number of tetrazole rings is 1. The van der Waals surface area contributed by atoms with Gasteiger partial charge in [-0.3, -0.25) is 5.43 Å². The van der Waals surface area contributed by atoms with E-state index in [1.54, 1.807) is 0 Å². The van der Waals surface area contributed by atoms with E-state index in [1.165, 1.54) is 30.3 Å². The summed E-state index contributed by atoms with van der Waals surface area (Å²) >= 11 is 0. The first-order valence-electron chi connectivity index (χ1n) is 10.8. The fraction of sp³-hybridized carbons (Fsp3) is 0.130. The third-order valence-corrected chi connectivity index (χ3v) is 5.43. The molecule has 0 aliphatic rings. The molecule has 1 heterocycles. The minimum absolute atomic E-state index is 0.0143. The van der Waals surface area contributed by atoms with E-state index < -0.39 is 46.9 Å². The molecule has 3 aromatic carbocycles. The summed E-state index contributed by atoms with van der Waals surface area (Å²) in [5.41, 5.74) is 3.01. The number of carbonyl (C=O) groups excluding carboxylic acids is 1. The number of amides is 2. The number of rotatable bonds is 5. The van der Waals surface area contributed by atoms with E-state index in [1.807, 2.05) is 0 Å². The van der Waals surface area contributed by atoms with E-state index in [2.05, 4.69) is 26.0 Å². The molecule has 1 aromatic heterocycles. The van der Waals surface area contributed by atoms with Crippen molar-refractivity contribution >= 4 is 17.4 Å². The maximum atomic E-state index is 13.4. The van der Waals surface area contributed by atoms with Crippen LogP contribution in [0.3, 0.4) is 0 Å². The Morgan fingerprint density at radius 2 is 1.30 bits per heavy atom. The lowest BCUT2D eigenvalue weighted by molar-refractivity contribution is -0.143. The number of anilines is 2. The molecule has 0 fully saturated rings. The van der Waals surface area contributed by atoms with Crippen molar-refractivity contribution in [2.45, 2.75) is 18.5 Å². The zero-order valence-electron chi connectivity index (χ0n) is 19.4. The number of urea groups is 1. The number of aromatic nitrogens is 4. The summed E-state index contributed by atoms with van der Waals surface area (Å²) in [5, 5.41) is 13.3. The SMILES string of the molecule is NC(=O)N(Nc1ccc(-c2ccc(C(F)(F)F)cc2)cc1-c1nn[nH]n1)c1cc(C(F)(F)F)cc(C(F)(F)F)c1. The number of primary amides is 1. The Hall–Kier alpha value is -4.83. The fourth-order valence-electron chi connectivity index (χ4n) is 3.57. The molecule has 40 heavy (non-hydrogen) atoms. The van der Waals surface area contributed by atoms with Crippen molar-refractivity contribution in [1.29, 1.82) is 0 Å². The molecular weight excluding hydrogens is 561 g/mol. The molecule has 0 aliphatic carbocycles.